The summed E-state index contributed by atoms with van der Waals surface area (Å²) in [4.78, 5) is 8.11. The summed E-state index contributed by atoms with van der Waals surface area (Å²) in [5.74, 6) is 1.39. The summed E-state index contributed by atoms with van der Waals surface area (Å²) in [6.07, 6.45) is 2.26. The van der Waals surface area contributed by atoms with E-state index in [-0.39, 0.29) is 29.4 Å². The van der Waals surface area contributed by atoms with Gasteiger partial charge in [0, 0.05) is 57.2 Å². The first-order chi connectivity index (χ1) is 12.9. The van der Waals surface area contributed by atoms with E-state index >= 15 is 0 Å². The fourth-order valence-electron chi connectivity index (χ4n) is 5.87. The molecule has 9 heteroatoms. The number of piperazine rings is 1. The first-order valence-electron chi connectivity index (χ1n) is 10.3. The van der Waals surface area contributed by atoms with Gasteiger partial charge in [0.2, 0.25) is 0 Å². The summed E-state index contributed by atoms with van der Waals surface area (Å²) in [5.41, 5.74) is 0.240. The normalized spacial score (nSPS) is 34.0. The number of alkyl halides is 3. The largest absolute Gasteiger partial charge is 0.403 e. The van der Waals surface area contributed by atoms with E-state index in [0.29, 0.717) is 44.2 Å². The van der Waals surface area contributed by atoms with Gasteiger partial charge in [-0.15, -0.1) is 24.0 Å². The Morgan fingerprint density at radius 3 is 2.39 bits per heavy atom. The van der Waals surface area contributed by atoms with Crippen molar-refractivity contribution in [3.8, 4) is 0 Å². The highest BCUT2D eigenvalue weighted by Crippen LogP contribution is 2.60. The molecule has 0 aromatic heterocycles. The summed E-state index contributed by atoms with van der Waals surface area (Å²) in [6.45, 7) is 4.07. The van der Waals surface area contributed by atoms with Gasteiger partial charge in [-0.2, -0.15) is 13.2 Å². The topological polar surface area (TPSA) is 40.1 Å². The number of guanidine groups is 1. The van der Waals surface area contributed by atoms with E-state index in [2.05, 4.69) is 15.2 Å². The van der Waals surface area contributed by atoms with Gasteiger partial charge in [0.05, 0.1) is 6.10 Å². The Labute approximate surface area is 182 Å². The molecule has 4 rings (SSSR count). The van der Waals surface area contributed by atoms with Crippen LogP contribution in [0.4, 0.5) is 13.2 Å². The van der Waals surface area contributed by atoms with Crippen molar-refractivity contribution in [2.24, 2.45) is 16.3 Å². The lowest BCUT2D eigenvalue weighted by molar-refractivity contribution is -0.181. The number of fused-ring (bicyclic) bond motifs is 2. The standard InChI is InChI=1S/C19H31F3N4O.HI/c1-13(19(20,21)22)25-8-10-26(11-9-25)17(23-2)24-15-14-5-12-27-16(14)18(15)6-3-4-7-18;/h13-16H,3-12H2,1-2H3,(H,23,24);1H. The van der Waals surface area contributed by atoms with Gasteiger partial charge in [-0.25, -0.2) is 0 Å². The molecule has 0 amide bonds. The monoisotopic (exact) mass is 516 g/mol. The number of halogens is 4. The molecule has 28 heavy (non-hydrogen) atoms. The van der Waals surface area contributed by atoms with Crippen LogP contribution in [0.25, 0.3) is 0 Å². The SMILES string of the molecule is CN=C(NC1C2CCOC2C12CCCC2)N1CCN(C(C)C(F)(F)F)CC1.I. The molecule has 0 bridgehead atoms. The molecule has 0 aromatic rings. The lowest BCUT2D eigenvalue weighted by atomic mass is 9.54. The van der Waals surface area contributed by atoms with Crippen LogP contribution in [-0.4, -0.2) is 80.0 Å². The first-order valence-corrected chi connectivity index (χ1v) is 10.3. The molecule has 0 radical (unpaired) electrons. The molecule has 4 unspecified atom stereocenters. The maximum absolute atomic E-state index is 13.0. The third-order valence-corrected chi connectivity index (χ3v) is 7.42. The quantitative estimate of drug-likeness (QED) is 0.348. The van der Waals surface area contributed by atoms with Crippen LogP contribution in [0, 0.1) is 11.3 Å². The van der Waals surface area contributed by atoms with Gasteiger partial charge >= 0.3 is 6.18 Å². The summed E-state index contributed by atoms with van der Waals surface area (Å²) in [7, 11) is 1.77. The minimum atomic E-state index is -4.17. The number of aliphatic imine (C=N–C) groups is 1. The highest BCUT2D eigenvalue weighted by atomic mass is 127. The Morgan fingerprint density at radius 1 is 1.18 bits per heavy atom. The molecule has 1 N–H and O–H groups in total. The Kier molecular flexibility index (Phi) is 6.76. The Bertz CT molecular complexity index is 574. The molecular formula is C19H32F3IN4O. The summed E-state index contributed by atoms with van der Waals surface area (Å²) in [5, 5.41) is 3.71. The average molecular weight is 516 g/mol. The van der Waals surface area contributed by atoms with Crippen LogP contribution in [0.5, 0.6) is 0 Å². The summed E-state index contributed by atoms with van der Waals surface area (Å²) < 4.78 is 45.0. The highest BCUT2D eigenvalue weighted by molar-refractivity contribution is 14.0. The number of nitrogens with zero attached hydrogens (tertiary/aromatic N) is 3. The molecule has 2 saturated carbocycles. The minimum absolute atomic E-state index is 0. The fraction of sp³-hybridized carbons (Fsp3) is 0.947. The average Bonchev–Trinajstić information content (AvgIpc) is 3.30. The van der Waals surface area contributed by atoms with E-state index in [4.69, 9.17) is 4.74 Å². The number of rotatable bonds is 2. The van der Waals surface area contributed by atoms with E-state index < -0.39 is 12.2 Å². The summed E-state index contributed by atoms with van der Waals surface area (Å²) in [6, 6.07) is -1.00. The van der Waals surface area contributed by atoms with Gasteiger partial charge in [0.15, 0.2) is 5.96 Å². The molecule has 2 heterocycles. The summed E-state index contributed by atoms with van der Waals surface area (Å²) >= 11 is 0. The third-order valence-electron chi connectivity index (χ3n) is 7.42. The van der Waals surface area contributed by atoms with Crippen LogP contribution in [0.1, 0.15) is 39.0 Å². The van der Waals surface area contributed by atoms with Crippen LogP contribution < -0.4 is 5.32 Å². The van der Waals surface area contributed by atoms with Crippen molar-refractivity contribution in [1.29, 1.82) is 0 Å². The molecule has 4 fully saturated rings. The van der Waals surface area contributed by atoms with Gasteiger partial charge in [0.1, 0.15) is 6.04 Å². The van der Waals surface area contributed by atoms with E-state index in [1.54, 1.807) is 7.05 Å². The number of ether oxygens (including phenoxy) is 1. The van der Waals surface area contributed by atoms with Gasteiger partial charge in [-0.05, 0) is 26.2 Å². The second-order valence-electron chi connectivity index (χ2n) is 8.59. The zero-order chi connectivity index (χ0) is 19.2. The second-order valence-corrected chi connectivity index (χ2v) is 8.59. The minimum Gasteiger partial charge on any atom is -0.377 e. The molecular weight excluding hydrogens is 484 g/mol. The maximum atomic E-state index is 13.0. The van der Waals surface area contributed by atoms with Crippen LogP contribution in [0.2, 0.25) is 0 Å². The Morgan fingerprint density at radius 2 is 1.82 bits per heavy atom. The zero-order valence-corrected chi connectivity index (χ0v) is 19.0. The number of nitrogens with one attached hydrogen (secondary N) is 1. The molecule has 0 aromatic carbocycles. The molecule has 2 aliphatic heterocycles. The Hall–Kier alpha value is -0.290. The van der Waals surface area contributed by atoms with E-state index in [9.17, 15) is 13.2 Å². The molecule has 2 saturated heterocycles. The smallest absolute Gasteiger partial charge is 0.377 e. The first kappa shape index (κ1) is 22.4. The van der Waals surface area contributed by atoms with E-state index in [0.717, 1.165) is 19.0 Å². The van der Waals surface area contributed by atoms with Crippen LogP contribution in [0.3, 0.4) is 0 Å². The number of hydrogen-bond acceptors (Lipinski definition) is 3. The van der Waals surface area contributed by atoms with Gasteiger partial charge in [-0.3, -0.25) is 9.89 Å². The second kappa shape index (κ2) is 8.45. The van der Waals surface area contributed by atoms with Crippen molar-refractivity contribution in [1.82, 2.24) is 15.1 Å². The predicted molar refractivity (Wildman–Crippen MR) is 113 cm³/mol. The van der Waals surface area contributed by atoms with Gasteiger partial charge in [-0.1, -0.05) is 12.8 Å². The number of hydrogen-bond donors (Lipinski definition) is 1. The molecule has 2 aliphatic carbocycles. The molecule has 1 spiro atoms. The van der Waals surface area contributed by atoms with Crippen molar-refractivity contribution in [3.63, 3.8) is 0 Å². The molecule has 162 valence electrons. The van der Waals surface area contributed by atoms with Crippen LogP contribution in [-0.2, 0) is 4.74 Å². The van der Waals surface area contributed by atoms with E-state index in [1.807, 2.05) is 0 Å². The fourth-order valence-corrected chi connectivity index (χ4v) is 5.87. The lowest BCUT2D eigenvalue weighted by Gasteiger charge is -2.57. The predicted octanol–water partition coefficient (Wildman–Crippen LogP) is 3.10. The zero-order valence-electron chi connectivity index (χ0n) is 16.7. The van der Waals surface area contributed by atoms with Gasteiger partial charge < -0.3 is 15.0 Å². The highest BCUT2D eigenvalue weighted by Gasteiger charge is 2.65. The van der Waals surface area contributed by atoms with Gasteiger partial charge in [0.25, 0.3) is 0 Å². The van der Waals surface area contributed by atoms with Crippen molar-refractivity contribution < 1.29 is 17.9 Å². The van der Waals surface area contributed by atoms with Crippen LogP contribution in [0.15, 0.2) is 4.99 Å². The van der Waals surface area contributed by atoms with Crippen LogP contribution >= 0.6 is 24.0 Å². The Balaban J connectivity index is 0.00000225. The van der Waals surface area contributed by atoms with Crippen molar-refractivity contribution in [2.75, 3.05) is 39.8 Å². The third kappa shape index (κ3) is 3.75. The lowest BCUT2D eigenvalue weighted by Crippen LogP contribution is -2.70. The molecule has 5 nitrogen and oxygen atoms in total. The maximum Gasteiger partial charge on any atom is 0.403 e. The van der Waals surface area contributed by atoms with Crippen molar-refractivity contribution in [2.45, 2.75) is 63.4 Å². The van der Waals surface area contributed by atoms with E-state index in [1.165, 1.54) is 37.5 Å². The molecule has 4 aliphatic rings. The van der Waals surface area contributed by atoms with Crippen molar-refractivity contribution in [3.05, 3.63) is 0 Å². The molecule has 4 atom stereocenters. The van der Waals surface area contributed by atoms with Crippen molar-refractivity contribution >= 4 is 29.9 Å².